The normalized spacial score (nSPS) is 11.6. The Hall–Kier alpha value is -1.80. The summed E-state index contributed by atoms with van der Waals surface area (Å²) in [4.78, 5) is 0. The molecule has 0 amide bonds. The molecular weight excluding hydrogens is 308 g/mol. The standard InChI is InChI=1S/C23H32O2/c1-15(2)18-12-20(16(3)4)23(21(13-18)17(5)6)19-10-8-9-11-22(19)25-14-24-7/h8-13,15-17H,14H2,1-7H3. The summed E-state index contributed by atoms with van der Waals surface area (Å²) in [5.41, 5.74) is 6.67. The van der Waals surface area contributed by atoms with Crippen molar-refractivity contribution >= 4 is 0 Å². The van der Waals surface area contributed by atoms with Crippen molar-refractivity contribution < 1.29 is 9.47 Å². The van der Waals surface area contributed by atoms with Crippen LogP contribution in [0, 0.1) is 0 Å². The van der Waals surface area contributed by atoms with Crippen molar-refractivity contribution in [1.82, 2.24) is 0 Å². The van der Waals surface area contributed by atoms with E-state index in [-0.39, 0.29) is 6.79 Å². The van der Waals surface area contributed by atoms with Crippen LogP contribution in [0.2, 0.25) is 0 Å². The molecule has 0 aliphatic heterocycles. The van der Waals surface area contributed by atoms with Gasteiger partial charge in [0.2, 0.25) is 0 Å². The smallest absolute Gasteiger partial charge is 0.188 e. The fraction of sp³-hybridized carbons (Fsp3) is 0.478. The molecule has 0 aliphatic rings. The van der Waals surface area contributed by atoms with E-state index in [1.54, 1.807) is 7.11 Å². The van der Waals surface area contributed by atoms with Crippen LogP contribution in [0.3, 0.4) is 0 Å². The molecule has 0 aromatic heterocycles. The lowest BCUT2D eigenvalue weighted by Gasteiger charge is -2.24. The van der Waals surface area contributed by atoms with Crippen molar-refractivity contribution in [2.45, 2.75) is 59.3 Å². The first-order valence-corrected chi connectivity index (χ1v) is 9.25. The maximum atomic E-state index is 5.87. The number of methoxy groups -OCH3 is 1. The van der Waals surface area contributed by atoms with Crippen LogP contribution in [0.4, 0.5) is 0 Å². The molecule has 0 atom stereocenters. The Bertz CT molecular complexity index is 670. The van der Waals surface area contributed by atoms with Crippen LogP contribution in [-0.4, -0.2) is 13.9 Å². The second-order valence-electron chi connectivity index (χ2n) is 7.59. The molecule has 0 spiro atoms. The molecular formula is C23H32O2. The van der Waals surface area contributed by atoms with Crippen LogP contribution in [0.15, 0.2) is 36.4 Å². The van der Waals surface area contributed by atoms with Crippen molar-refractivity contribution in [1.29, 1.82) is 0 Å². The van der Waals surface area contributed by atoms with E-state index in [1.807, 2.05) is 12.1 Å². The van der Waals surface area contributed by atoms with Crippen molar-refractivity contribution in [2.24, 2.45) is 0 Å². The first-order valence-electron chi connectivity index (χ1n) is 9.25. The van der Waals surface area contributed by atoms with Gasteiger partial charge in [-0.05, 0) is 46.1 Å². The largest absolute Gasteiger partial charge is 0.467 e. The summed E-state index contributed by atoms with van der Waals surface area (Å²) in [6, 6.07) is 13.0. The molecule has 2 rings (SSSR count). The molecule has 0 saturated carbocycles. The molecule has 0 unspecified atom stereocenters. The van der Waals surface area contributed by atoms with Gasteiger partial charge in [0, 0.05) is 12.7 Å². The van der Waals surface area contributed by atoms with Crippen molar-refractivity contribution in [3.05, 3.63) is 53.1 Å². The van der Waals surface area contributed by atoms with Crippen LogP contribution in [0.1, 0.15) is 76.0 Å². The average molecular weight is 341 g/mol. The van der Waals surface area contributed by atoms with Crippen LogP contribution < -0.4 is 4.74 Å². The Morgan fingerprint density at radius 3 is 1.84 bits per heavy atom. The predicted octanol–water partition coefficient (Wildman–Crippen LogP) is 6.71. The lowest BCUT2D eigenvalue weighted by atomic mass is 9.81. The van der Waals surface area contributed by atoms with E-state index in [9.17, 15) is 0 Å². The number of hydrogen-bond acceptors (Lipinski definition) is 2. The molecule has 0 radical (unpaired) electrons. The fourth-order valence-corrected chi connectivity index (χ4v) is 3.19. The van der Waals surface area contributed by atoms with Crippen LogP contribution >= 0.6 is 0 Å². The van der Waals surface area contributed by atoms with Crippen LogP contribution in [-0.2, 0) is 4.74 Å². The lowest BCUT2D eigenvalue weighted by molar-refractivity contribution is 0.0515. The summed E-state index contributed by atoms with van der Waals surface area (Å²) in [7, 11) is 1.65. The minimum absolute atomic E-state index is 0.259. The number of hydrogen-bond donors (Lipinski definition) is 0. The van der Waals surface area contributed by atoms with Gasteiger partial charge in [-0.1, -0.05) is 71.9 Å². The predicted molar refractivity (Wildman–Crippen MR) is 107 cm³/mol. The third kappa shape index (κ3) is 4.43. The lowest BCUT2D eigenvalue weighted by Crippen LogP contribution is -2.06. The maximum Gasteiger partial charge on any atom is 0.188 e. The highest BCUT2D eigenvalue weighted by Crippen LogP contribution is 2.42. The van der Waals surface area contributed by atoms with Gasteiger partial charge in [0.15, 0.2) is 6.79 Å². The van der Waals surface area contributed by atoms with Crippen molar-refractivity contribution in [3.8, 4) is 16.9 Å². The van der Waals surface area contributed by atoms with Gasteiger partial charge < -0.3 is 9.47 Å². The van der Waals surface area contributed by atoms with Gasteiger partial charge in [-0.25, -0.2) is 0 Å². The van der Waals surface area contributed by atoms with Gasteiger partial charge in [0.1, 0.15) is 5.75 Å². The first-order chi connectivity index (χ1) is 11.9. The van der Waals surface area contributed by atoms with E-state index >= 15 is 0 Å². The van der Waals surface area contributed by atoms with Crippen molar-refractivity contribution in [2.75, 3.05) is 13.9 Å². The zero-order valence-electron chi connectivity index (χ0n) is 16.7. The molecule has 0 bridgehead atoms. The highest BCUT2D eigenvalue weighted by atomic mass is 16.7. The summed E-state index contributed by atoms with van der Waals surface area (Å²) in [5, 5.41) is 0. The summed E-state index contributed by atoms with van der Waals surface area (Å²) in [6.07, 6.45) is 0. The second-order valence-corrected chi connectivity index (χ2v) is 7.59. The molecule has 0 heterocycles. The van der Waals surface area contributed by atoms with E-state index in [0.29, 0.717) is 17.8 Å². The van der Waals surface area contributed by atoms with Gasteiger partial charge in [-0.15, -0.1) is 0 Å². The number of rotatable bonds is 7. The molecule has 0 fully saturated rings. The first kappa shape index (κ1) is 19.5. The van der Waals surface area contributed by atoms with E-state index in [4.69, 9.17) is 9.47 Å². The Morgan fingerprint density at radius 2 is 1.36 bits per heavy atom. The van der Waals surface area contributed by atoms with Gasteiger partial charge in [0.25, 0.3) is 0 Å². The summed E-state index contributed by atoms with van der Waals surface area (Å²) >= 11 is 0. The van der Waals surface area contributed by atoms with E-state index < -0.39 is 0 Å². The number of para-hydroxylation sites is 1. The van der Waals surface area contributed by atoms with E-state index in [1.165, 1.54) is 22.3 Å². The summed E-state index contributed by atoms with van der Waals surface area (Å²) < 4.78 is 11.0. The SMILES string of the molecule is COCOc1ccccc1-c1c(C(C)C)cc(C(C)C)cc1C(C)C. The van der Waals surface area contributed by atoms with Crippen LogP contribution in [0.5, 0.6) is 5.75 Å². The maximum absolute atomic E-state index is 5.87. The minimum atomic E-state index is 0.259. The van der Waals surface area contributed by atoms with E-state index in [0.717, 1.165) is 11.3 Å². The zero-order chi connectivity index (χ0) is 18.6. The highest BCUT2D eigenvalue weighted by molar-refractivity contribution is 5.78. The number of benzene rings is 2. The van der Waals surface area contributed by atoms with Gasteiger partial charge in [0.05, 0.1) is 0 Å². The molecule has 2 aromatic carbocycles. The Morgan fingerprint density at radius 1 is 0.800 bits per heavy atom. The highest BCUT2D eigenvalue weighted by Gasteiger charge is 2.20. The molecule has 0 saturated heterocycles. The van der Waals surface area contributed by atoms with Gasteiger partial charge in [-0.2, -0.15) is 0 Å². The molecule has 0 aliphatic carbocycles. The molecule has 0 N–H and O–H groups in total. The minimum Gasteiger partial charge on any atom is -0.467 e. The van der Waals surface area contributed by atoms with Gasteiger partial charge >= 0.3 is 0 Å². The summed E-state index contributed by atoms with van der Waals surface area (Å²) in [6.45, 7) is 13.9. The second kappa shape index (κ2) is 8.53. The topological polar surface area (TPSA) is 18.5 Å². The molecule has 2 heteroatoms. The van der Waals surface area contributed by atoms with E-state index in [2.05, 4.69) is 65.8 Å². The number of ether oxygens (including phenoxy) is 2. The monoisotopic (exact) mass is 340 g/mol. The van der Waals surface area contributed by atoms with Gasteiger partial charge in [-0.3, -0.25) is 0 Å². The quantitative estimate of drug-likeness (QED) is 0.522. The van der Waals surface area contributed by atoms with Crippen LogP contribution in [0.25, 0.3) is 11.1 Å². The molecule has 136 valence electrons. The molecule has 25 heavy (non-hydrogen) atoms. The molecule has 2 nitrogen and oxygen atoms in total. The third-order valence-electron chi connectivity index (χ3n) is 4.62. The third-order valence-corrected chi connectivity index (χ3v) is 4.62. The Kier molecular flexibility index (Phi) is 6.66. The average Bonchev–Trinajstić information content (AvgIpc) is 2.58. The zero-order valence-corrected chi connectivity index (χ0v) is 16.7. The Balaban J connectivity index is 2.75. The summed E-state index contributed by atoms with van der Waals surface area (Å²) in [5.74, 6) is 2.29. The molecule has 2 aromatic rings. The Labute approximate surface area is 153 Å². The fourth-order valence-electron chi connectivity index (χ4n) is 3.19. The van der Waals surface area contributed by atoms with Crippen molar-refractivity contribution in [3.63, 3.8) is 0 Å².